The molecule has 2 aliphatic rings. The fourth-order valence-electron chi connectivity index (χ4n) is 4.71. The molecule has 0 saturated carbocycles. The Morgan fingerprint density at radius 1 is 1.33 bits per heavy atom. The summed E-state index contributed by atoms with van der Waals surface area (Å²) in [5.74, 6) is 0.463. The third-order valence-corrected chi connectivity index (χ3v) is 6.13. The molecular formula is C24H32N4O2. The molecule has 2 bridgehead atoms. The van der Waals surface area contributed by atoms with Crippen molar-refractivity contribution in [3.8, 4) is 11.1 Å². The number of ether oxygens (including phenoxy) is 1. The molecule has 6 heteroatoms. The number of carbonyl (C=O) groups excluding carboxylic acids is 1. The Labute approximate surface area is 178 Å². The molecule has 2 fully saturated rings. The molecule has 0 aliphatic carbocycles. The van der Waals surface area contributed by atoms with E-state index in [1.54, 1.807) is 0 Å². The average molecular weight is 409 g/mol. The summed E-state index contributed by atoms with van der Waals surface area (Å²) in [5, 5.41) is 3.68. The molecule has 1 aromatic carbocycles. The summed E-state index contributed by atoms with van der Waals surface area (Å²) in [6.07, 6.45) is 4.52. The number of fused-ring (bicyclic) bond motifs is 2. The first-order valence-electron chi connectivity index (χ1n) is 10.7. The summed E-state index contributed by atoms with van der Waals surface area (Å²) < 4.78 is 5.70. The summed E-state index contributed by atoms with van der Waals surface area (Å²) in [6, 6.07) is 8.56. The second-order valence-corrected chi connectivity index (χ2v) is 9.50. The number of hydrogen-bond acceptors (Lipinski definition) is 5. The van der Waals surface area contributed by atoms with Gasteiger partial charge in [-0.2, -0.15) is 0 Å². The lowest BCUT2D eigenvalue weighted by Gasteiger charge is -2.35. The fourth-order valence-corrected chi connectivity index (χ4v) is 4.71. The van der Waals surface area contributed by atoms with E-state index in [1.807, 2.05) is 38.1 Å². The Balaban J connectivity index is 1.67. The van der Waals surface area contributed by atoms with Crippen LogP contribution in [0.15, 0.2) is 36.7 Å². The minimum atomic E-state index is -0.502. The van der Waals surface area contributed by atoms with Crippen LogP contribution in [0.25, 0.3) is 11.1 Å². The van der Waals surface area contributed by atoms with Crippen LogP contribution in [-0.4, -0.2) is 40.7 Å². The topological polar surface area (TPSA) is 80.5 Å². The molecule has 1 aromatic heterocycles. The van der Waals surface area contributed by atoms with Crippen LogP contribution in [0, 0.1) is 12.8 Å². The van der Waals surface area contributed by atoms with Crippen LogP contribution < -0.4 is 11.1 Å². The molecule has 2 aromatic rings. The lowest BCUT2D eigenvalue weighted by atomic mass is 9.87. The van der Waals surface area contributed by atoms with E-state index in [0.717, 1.165) is 41.8 Å². The highest BCUT2D eigenvalue weighted by atomic mass is 16.6. The lowest BCUT2D eigenvalue weighted by Crippen LogP contribution is -2.46. The number of rotatable bonds is 3. The van der Waals surface area contributed by atoms with Crippen LogP contribution >= 0.6 is 0 Å². The van der Waals surface area contributed by atoms with E-state index in [1.165, 1.54) is 5.56 Å². The zero-order valence-electron chi connectivity index (χ0n) is 18.3. The SMILES string of the molecule is Cc1cc(-c2ccncc2C2NCC3CC2N(C(=O)OC(C)(C)C)C3)ccc1CN. The van der Waals surface area contributed by atoms with Gasteiger partial charge in [0.15, 0.2) is 0 Å². The van der Waals surface area contributed by atoms with Crippen molar-refractivity contribution in [3.63, 3.8) is 0 Å². The van der Waals surface area contributed by atoms with Crippen molar-refractivity contribution >= 4 is 6.09 Å². The zero-order chi connectivity index (χ0) is 21.5. The number of likely N-dealkylation sites (tertiary alicyclic amines) is 1. The maximum atomic E-state index is 12.9. The van der Waals surface area contributed by atoms with Crippen LogP contribution in [0.5, 0.6) is 0 Å². The molecule has 0 radical (unpaired) electrons. The van der Waals surface area contributed by atoms with Crippen LogP contribution in [0.4, 0.5) is 4.79 Å². The third kappa shape index (κ3) is 4.07. The van der Waals surface area contributed by atoms with E-state index in [4.69, 9.17) is 10.5 Å². The molecule has 3 heterocycles. The number of pyridine rings is 1. The van der Waals surface area contributed by atoms with Gasteiger partial charge in [0.05, 0.1) is 12.1 Å². The highest BCUT2D eigenvalue weighted by molar-refractivity contribution is 5.71. The molecule has 1 amide bonds. The molecular weight excluding hydrogens is 376 g/mol. The molecule has 160 valence electrons. The second-order valence-electron chi connectivity index (χ2n) is 9.50. The van der Waals surface area contributed by atoms with Crippen LogP contribution in [0.3, 0.4) is 0 Å². The first-order valence-corrected chi connectivity index (χ1v) is 10.7. The number of nitrogens with one attached hydrogen (secondary N) is 1. The van der Waals surface area contributed by atoms with Crippen molar-refractivity contribution < 1.29 is 9.53 Å². The fraction of sp³-hybridized carbons (Fsp3) is 0.500. The molecule has 4 rings (SSSR count). The molecule has 3 N–H and O–H groups in total. The maximum absolute atomic E-state index is 12.9. The van der Waals surface area contributed by atoms with Gasteiger partial charge >= 0.3 is 6.09 Å². The Kier molecular flexibility index (Phi) is 5.55. The van der Waals surface area contributed by atoms with E-state index < -0.39 is 5.60 Å². The van der Waals surface area contributed by atoms with Crippen molar-refractivity contribution in [1.82, 2.24) is 15.2 Å². The maximum Gasteiger partial charge on any atom is 0.410 e. The highest BCUT2D eigenvalue weighted by Crippen LogP contribution is 2.40. The molecule has 2 aliphatic heterocycles. The first-order chi connectivity index (χ1) is 14.3. The zero-order valence-corrected chi connectivity index (χ0v) is 18.3. The van der Waals surface area contributed by atoms with Gasteiger partial charge in [-0.05, 0) is 73.9 Å². The summed E-state index contributed by atoms with van der Waals surface area (Å²) in [7, 11) is 0. The molecule has 2 saturated heterocycles. The second kappa shape index (κ2) is 8.00. The average Bonchev–Trinajstić information content (AvgIpc) is 3.03. The van der Waals surface area contributed by atoms with Gasteiger partial charge in [0, 0.05) is 32.0 Å². The lowest BCUT2D eigenvalue weighted by molar-refractivity contribution is 0.0203. The van der Waals surface area contributed by atoms with Gasteiger partial charge in [-0.3, -0.25) is 4.98 Å². The highest BCUT2D eigenvalue weighted by Gasteiger charge is 2.45. The molecule has 6 nitrogen and oxygen atoms in total. The van der Waals surface area contributed by atoms with Crippen molar-refractivity contribution in [2.75, 3.05) is 13.1 Å². The number of nitrogens with zero attached hydrogens (tertiary/aromatic N) is 2. The minimum absolute atomic E-state index is 0.0226. The third-order valence-electron chi connectivity index (χ3n) is 6.13. The van der Waals surface area contributed by atoms with Gasteiger partial charge in [0.2, 0.25) is 0 Å². The van der Waals surface area contributed by atoms with Gasteiger partial charge in [0.25, 0.3) is 0 Å². The van der Waals surface area contributed by atoms with E-state index >= 15 is 0 Å². The number of benzene rings is 1. The largest absolute Gasteiger partial charge is 0.444 e. The molecule has 30 heavy (non-hydrogen) atoms. The molecule has 3 unspecified atom stereocenters. The standard InChI is InChI=1S/C24H32N4O2/c1-15-9-17(5-6-18(15)11-25)19-7-8-26-13-20(19)22-21-10-16(12-27-22)14-28(21)23(29)30-24(2,3)4/h5-9,13,16,21-22,27H,10-12,14,25H2,1-4H3. The predicted molar refractivity (Wildman–Crippen MR) is 118 cm³/mol. The number of nitrogens with two attached hydrogens (primary N) is 1. The molecule has 3 atom stereocenters. The van der Waals surface area contributed by atoms with Crippen LogP contribution in [0.1, 0.15) is 49.9 Å². The van der Waals surface area contributed by atoms with Crippen LogP contribution in [-0.2, 0) is 11.3 Å². The van der Waals surface area contributed by atoms with Gasteiger partial charge in [-0.25, -0.2) is 4.79 Å². The number of piperidine rings is 1. The number of carbonyl (C=O) groups is 1. The van der Waals surface area contributed by atoms with Gasteiger partial charge < -0.3 is 20.7 Å². The number of amides is 1. The normalized spacial score (nSPS) is 23.5. The molecule has 0 spiro atoms. The summed E-state index contributed by atoms with van der Waals surface area (Å²) in [4.78, 5) is 19.2. The quantitative estimate of drug-likeness (QED) is 0.808. The number of aromatic nitrogens is 1. The monoisotopic (exact) mass is 408 g/mol. The number of hydrogen-bond donors (Lipinski definition) is 2. The van der Waals surface area contributed by atoms with Crippen LogP contribution in [0.2, 0.25) is 0 Å². The van der Waals surface area contributed by atoms with E-state index in [2.05, 4.69) is 41.5 Å². The van der Waals surface area contributed by atoms with Crippen molar-refractivity contribution in [1.29, 1.82) is 0 Å². The summed E-state index contributed by atoms with van der Waals surface area (Å²) in [6.45, 7) is 9.99. The van der Waals surface area contributed by atoms with Crippen molar-refractivity contribution in [3.05, 3.63) is 53.3 Å². The van der Waals surface area contributed by atoms with E-state index in [9.17, 15) is 4.79 Å². The predicted octanol–water partition coefficient (Wildman–Crippen LogP) is 3.79. The van der Waals surface area contributed by atoms with Gasteiger partial charge in [-0.1, -0.05) is 18.2 Å². The smallest absolute Gasteiger partial charge is 0.410 e. The Morgan fingerprint density at radius 3 is 2.83 bits per heavy atom. The van der Waals surface area contributed by atoms with E-state index in [0.29, 0.717) is 12.5 Å². The first kappa shape index (κ1) is 20.8. The van der Waals surface area contributed by atoms with E-state index in [-0.39, 0.29) is 18.2 Å². The van der Waals surface area contributed by atoms with Crippen molar-refractivity contribution in [2.24, 2.45) is 11.7 Å². The van der Waals surface area contributed by atoms with Crippen molar-refractivity contribution in [2.45, 2.75) is 58.3 Å². The minimum Gasteiger partial charge on any atom is -0.444 e. The Hall–Kier alpha value is -2.44. The Bertz CT molecular complexity index is 937. The summed E-state index contributed by atoms with van der Waals surface area (Å²) >= 11 is 0. The Morgan fingerprint density at radius 2 is 2.13 bits per heavy atom. The van der Waals surface area contributed by atoms with Gasteiger partial charge in [-0.15, -0.1) is 0 Å². The summed E-state index contributed by atoms with van der Waals surface area (Å²) in [5.41, 5.74) is 11.1. The van der Waals surface area contributed by atoms with Gasteiger partial charge in [0.1, 0.15) is 5.60 Å². The number of aryl methyl sites for hydroxylation is 1.